The van der Waals surface area contributed by atoms with Gasteiger partial charge >= 0.3 is 0 Å². The van der Waals surface area contributed by atoms with Crippen molar-refractivity contribution in [1.82, 2.24) is 19.6 Å². The van der Waals surface area contributed by atoms with Crippen LogP contribution in [0.1, 0.15) is 5.56 Å². The minimum absolute atomic E-state index is 0.170. The normalized spacial score (nSPS) is 10.9. The third kappa shape index (κ3) is 3.11. The molecular weight excluding hydrogens is 325 g/mol. The fourth-order valence-corrected chi connectivity index (χ4v) is 2.81. The second-order valence-electron chi connectivity index (χ2n) is 5.92. The van der Waals surface area contributed by atoms with Gasteiger partial charge in [-0.05, 0) is 35.6 Å². The van der Waals surface area contributed by atoms with Crippen molar-refractivity contribution in [1.29, 1.82) is 0 Å². The summed E-state index contributed by atoms with van der Waals surface area (Å²) in [6.07, 6.45) is 6.00. The number of phenols is 1. The summed E-state index contributed by atoms with van der Waals surface area (Å²) in [4.78, 5) is 8.69. The standard InChI is InChI=1S/C19H16BN5O/c20-15-12-23-25-18(22-9-7-13-4-3-8-21-11-13)10-16(24-19(15)25)14-5-1-2-6-17(14)26/h1-6,8,10-12,22,26H,7,9H2. The van der Waals surface area contributed by atoms with E-state index in [9.17, 15) is 5.11 Å². The van der Waals surface area contributed by atoms with Crippen molar-refractivity contribution >= 4 is 24.8 Å². The number of benzene rings is 1. The number of hydrogen-bond acceptors (Lipinski definition) is 5. The summed E-state index contributed by atoms with van der Waals surface area (Å²) in [7, 11) is 6.01. The van der Waals surface area contributed by atoms with E-state index in [4.69, 9.17) is 7.85 Å². The average Bonchev–Trinajstić information content (AvgIpc) is 3.04. The van der Waals surface area contributed by atoms with Gasteiger partial charge in [0.25, 0.3) is 0 Å². The number of para-hydroxylation sites is 1. The lowest BCUT2D eigenvalue weighted by Gasteiger charge is -2.12. The molecule has 2 N–H and O–H groups in total. The molecule has 0 spiro atoms. The molecule has 0 fully saturated rings. The van der Waals surface area contributed by atoms with E-state index in [2.05, 4.69) is 20.4 Å². The van der Waals surface area contributed by atoms with E-state index < -0.39 is 0 Å². The van der Waals surface area contributed by atoms with Crippen molar-refractivity contribution in [3.05, 3.63) is 66.6 Å². The molecule has 3 aromatic heterocycles. The highest BCUT2D eigenvalue weighted by molar-refractivity contribution is 6.36. The number of fused-ring (bicyclic) bond motifs is 1. The zero-order valence-corrected chi connectivity index (χ0v) is 14.0. The summed E-state index contributed by atoms with van der Waals surface area (Å²) < 4.78 is 1.67. The molecule has 4 rings (SSSR count). The van der Waals surface area contributed by atoms with Crippen LogP contribution in [0, 0.1) is 0 Å². The Morgan fingerprint density at radius 1 is 1.12 bits per heavy atom. The summed E-state index contributed by atoms with van der Waals surface area (Å²) in [5.74, 6) is 0.928. The Morgan fingerprint density at radius 3 is 2.81 bits per heavy atom. The first-order valence-corrected chi connectivity index (χ1v) is 8.28. The second kappa shape index (κ2) is 6.88. The van der Waals surface area contributed by atoms with Crippen LogP contribution in [0.3, 0.4) is 0 Å². The summed E-state index contributed by atoms with van der Waals surface area (Å²) in [5.41, 5.74) is 3.45. The van der Waals surface area contributed by atoms with E-state index in [-0.39, 0.29) is 5.75 Å². The zero-order chi connectivity index (χ0) is 17.9. The van der Waals surface area contributed by atoms with Crippen LogP contribution in [0.25, 0.3) is 16.9 Å². The van der Waals surface area contributed by atoms with Gasteiger partial charge in [-0.3, -0.25) is 4.98 Å². The molecule has 26 heavy (non-hydrogen) atoms. The largest absolute Gasteiger partial charge is 0.507 e. The smallest absolute Gasteiger partial charge is 0.150 e. The van der Waals surface area contributed by atoms with Gasteiger partial charge in [0.15, 0.2) is 5.65 Å². The Balaban J connectivity index is 1.68. The van der Waals surface area contributed by atoms with Crippen molar-refractivity contribution in [2.75, 3.05) is 11.9 Å². The number of anilines is 1. The minimum atomic E-state index is 0.170. The molecule has 1 aromatic carbocycles. The van der Waals surface area contributed by atoms with Gasteiger partial charge in [0.05, 0.1) is 5.69 Å². The van der Waals surface area contributed by atoms with Gasteiger partial charge in [0.1, 0.15) is 19.4 Å². The first kappa shape index (κ1) is 16.1. The zero-order valence-electron chi connectivity index (χ0n) is 14.0. The quantitative estimate of drug-likeness (QED) is 0.543. The van der Waals surface area contributed by atoms with Gasteiger partial charge in [0.2, 0.25) is 0 Å². The molecule has 0 aliphatic rings. The Bertz CT molecular complexity index is 1050. The Labute approximate surface area is 152 Å². The molecule has 7 heteroatoms. The molecule has 0 aliphatic carbocycles. The maximum atomic E-state index is 10.2. The molecule has 0 unspecified atom stereocenters. The third-order valence-electron chi connectivity index (χ3n) is 4.12. The van der Waals surface area contributed by atoms with Gasteiger partial charge in [-0.15, -0.1) is 0 Å². The van der Waals surface area contributed by atoms with Gasteiger partial charge in [-0.2, -0.15) is 9.61 Å². The SMILES string of the molecule is [B]c1cnn2c(NCCc3cccnc3)cc(-c3ccccc3O)nc12. The summed E-state index contributed by atoms with van der Waals surface area (Å²) in [5, 5.41) is 17.8. The van der Waals surface area contributed by atoms with E-state index in [1.165, 1.54) is 0 Å². The van der Waals surface area contributed by atoms with Gasteiger partial charge in [0, 0.05) is 36.8 Å². The lowest BCUT2D eigenvalue weighted by molar-refractivity contribution is 0.477. The lowest BCUT2D eigenvalue weighted by atomic mass is 10.0. The molecule has 6 nitrogen and oxygen atoms in total. The molecule has 0 saturated carbocycles. The van der Waals surface area contributed by atoms with Crippen molar-refractivity contribution in [2.24, 2.45) is 0 Å². The maximum Gasteiger partial charge on any atom is 0.150 e. The Morgan fingerprint density at radius 2 is 2.00 bits per heavy atom. The van der Waals surface area contributed by atoms with Crippen molar-refractivity contribution in [3.8, 4) is 17.0 Å². The van der Waals surface area contributed by atoms with E-state index in [1.807, 2.05) is 36.5 Å². The van der Waals surface area contributed by atoms with Crippen molar-refractivity contribution < 1.29 is 5.11 Å². The van der Waals surface area contributed by atoms with Crippen LogP contribution in [-0.2, 0) is 6.42 Å². The fraction of sp³-hybridized carbons (Fsp3) is 0.105. The third-order valence-corrected chi connectivity index (χ3v) is 4.12. The predicted molar refractivity (Wildman–Crippen MR) is 102 cm³/mol. The molecule has 0 atom stereocenters. The Kier molecular flexibility index (Phi) is 4.27. The van der Waals surface area contributed by atoms with Crippen LogP contribution in [0.2, 0.25) is 0 Å². The van der Waals surface area contributed by atoms with Gasteiger partial charge < -0.3 is 10.4 Å². The highest BCUT2D eigenvalue weighted by atomic mass is 16.3. The Hall–Kier alpha value is -3.35. The van der Waals surface area contributed by atoms with E-state index in [0.717, 1.165) is 17.8 Å². The van der Waals surface area contributed by atoms with Crippen molar-refractivity contribution in [3.63, 3.8) is 0 Å². The van der Waals surface area contributed by atoms with Crippen LogP contribution in [0.5, 0.6) is 5.75 Å². The molecule has 0 aliphatic heterocycles. The second-order valence-corrected chi connectivity index (χ2v) is 5.92. The van der Waals surface area contributed by atoms with Crippen LogP contribution >= 0.6 is 0 Å². The average molecular weight is 341 g/mol. The van der Waals surface area contributed by atoms with E-state index in [1.54, 1.807) is 29.0 Å². The number of nitrogens with zero attached hydrogens (tertiary/aromatic N) is 4. The topological polar surface area (TPSA) is 75.3 Å². The first-order chi connectivity index (χ1) is 12.7. The highest BCUT2D eigenvalue weighted by Gasteiger charge is 2.12. The fourth-order valence-electron chi connectivity index (χ4n) is 2.81. The highest BCUT2D eigenvalue weighted by Crippen LogP contribution is 2.29. The van der Waals surface area contributed by atoms with Gasteiger partial charge in [-0.1, -0.05) is 18.2 Å². The minimum Gasteiger partial charge on any atom is -0.507 e. The predicted octanol–water partition coefficient (Wildman–Crippen LogP) is 1.95. The van der Waals surface area contributed by atoms with Crippen molar-refractivity contribution in [2.45, 2.75) is 6.42 Å². The maximum absolute atomic E-state index is 10.2. The molecule has 0 saturated heterocycles. The van der Waals surface area contributed by atoms with Crippen LogP contribution in [-0.4, -0.2) is 39.1 Å². The number of aromatic hydroxyl groups is 1. The number of rotatable bonds is 5. The first-order valence-electron chi connectivity index (χ1n) is 8.28. The number of nitrogens with one attached hydrogen (secondary N) is 1. The monoisotopic (exact) mass is 341 g/mol. The number of hydrogen-bond donors (Lipinski definition) is 2. The van der Waals surface area contributed by atoms with Gasteiger partial charge in [-0.25, -0.2) is 4.98 Å². The number of aromatic nitrogens is 4. The summed E-state index contributed by atoms with van der Waals surface area (Å²) in [6.45, 7) is 0.699. The summed E-state index contributed by atoms with van der Waals surface area (Å²) >= 11 is 0. The molecule has 126 valence electrons. The molecule has 0 amide bonds. The van der Waals surface area contributed by atoms with E-state index >= 15 is 0 Å². The molecular formula is C19H16BN5O. The molecule has 2 radical (unpaired) electrons. The van der Waals surface area contributed by atoms with E-state index in [0.29, 0.717) is 28.9 Å². The number of phenolic OH excluding ortho intramolecular Hbond substituents is 1. The van der Waals surface area contributed by atoms with Crippen LogP contribution in [0.15, 0.2) is 61.1 Å². The number of pyridine rings is 1. The van der Waals surface area contributed by atoms with Crippen LogP contribution in [0.4, 0.5) is 5.82 Å². The molecule has 0 bridgehead atoms. The molecule has 3 heterocycles. The lowest BCUT2D eigenvalue weighted by Crippen LogP contribution is -2.12. The summed E-state index contributed by atoms with van der Waals surface area (Å²) in [6, 6.07) is 12.9. The van der Waals surface area contributed by atoms with Crippen LogP contribution < -0.4 is 10.8 Å². The molecule has 4 aromatic rings.